The summed E-state index contributed by atoms with van der Waals surface area (Å²) in [6.45, 7) is 0.160. The molecule has 16 nitrogen and oxygen atoms in total. The molecule has 21 heteroatoms. The number of aromatic nitrogens is 2. The predicted molar refractivity (Wildman–Crippen MR) is 125 cm³/mol. The van der Waals surface area contributed by atoms with Crippen molar-refractivity contribution in [2.75, 3.05) is 6.61 Å². The summed E-state index contributed by atoms with van der Waals surface area (Å²) in [5, 5.41) is -2.86. The van der Waals surface area contributed by atoms with Gasteiger partial charge >= 0.3 is 33.9 Å². The maximum atomic E-state index is 14.7. The van der Waals surface area contributed by atoms with Crippen LogP contribution in [0.1, 0.15) is 18.2 Å². The highest BCUT2D eigenvalue weighted by Crippen LogP contribution is 2.78. The van der Waals surface area contributed by atoms with Crippen molar-refractivity contribution in [3.05, 3.63) is 73.4 Å². The molecule has 0 spiro atoms. The third-order valence-corrected chi connectivity index (χ3v) is 11.4. The quantitative estimate of drug-likeness (QED) is 0.133. The molecule has 1 saturated heterocycles. The van der Waals surface area contributed by atoms with Crippen LogP contribution < -0.4 is 16.6 Å². The van der Waals surface area contributed by atoms with Crippen LogP contribution in [0.15, 0.2) is 51.2 Å². The first kappa shape index (κ1) is 30.1. The van der Waals surface area contributed by atoms with Gasteiger partial charge in [0.1, 0.15) is 6.23 Å². The molecular formula is C17H20F2N5O11P3. The molecule has 4 N–H and O–H groups in total. The van der Waals surface area contributed by atoms with E-state index in [9.17, 15) is 46.7 Å². The minimum Gasteiger partial charge on any atom is -0.352 e. The molecule has 0 aliphatic carbocycles. The number of azide groups is 1. The average molecular weight is 601 g/mol. The summed E-state index contributed by atoms with van der Waals surface area (Å²) in [6.07, 6.45) is -1.87. The molecular weight excluding hydrogens is 581 g/mol. The standard InChI is InChI=1S/C17H20F2N5O11P3/c1-10-8-24(16(26)21-15(10)25)14-7-12(22-23-20)13(34-14)9-33-37(29,30)17(18,19)38(31,32)35-36(27,28)11-5-3-2-4-6-11/h2-6,8,12-14H,7,9H2,1H3,(H,27,28)(H,29,30)(H,31,32)(H,21,25,26)/t12?,13-,14-/m0/s1. The Kier molecular flexibility index (Phi) is 8.66. The number of nitrogens with one attached hydrogen (secondary N) is 1. The number of alkyl halides is 2. The van der Waals surface area contributed by atoms with Crippen molar-refractivity contribution in [2.45, 2.75) is 37.1 Å². The van der Waals surface area contributed by atoms with Crippen LogP contribution in [0, 0.1) is 6.92 Å². The molecule has 208 valence electrons. The molecule has 0 amide bonds. The topological polar surface area (TPSA) is 243 Å². The lowest BCUT2D eigenvalue weighted by molar-refractivity contribution is -0.0276. The Morgan fingerprint density at radius 3 is 2.45 bits per heavy atom. The summed E-state index contributed by atoms with van der Waals surface area (Å²) >= 11 is 0. The first-order chi connectivity index (χ1) is 17.5. The van der Waals surface area contributed by atoms with Gasteiger partial charge in [-0.15, -0.1) is 0 Å². The fraction of sp³-hybridized carbons (Fsp3) is 0.412. The van der Waals surface area contributed by atoms with E-state index in [0.717, 1.165) is 22.9 Å². The van der Waals surface area contributed by atoms with Crippen molar-refractivity contribution in [3.63, 3.8) is 0 Å². The van der Waals surface area contributed by atoms with Crippen molar-refractivity contribution in [2.24, 2.45) is 5.11 Å². The monoisotopic (exact) mass is 601 g/mol. The fourth-order valence-corrected chi connectivity index (χ4v) is 8.10. The van der Waals surface area contributed by atoms with Gasteiger partial charge < -0.3 is 23.9 Å². The predicted octanol–water partition coefficient (Wildman–Crippen LogP) is 2.28. The lowest BCUT2D eigenvalue weighted by Gasteiger charge is -2.27. The Balaban J connectivity index is 1.80. The van der Waals surface area contributed by atoms with E-state index < -0.39 is 69.7 Å². The van der Waals surface area contributed by atoms with E-state index in [4.69, 9.17) is 10.3 Å². The molecule has 0 bridgehead atoms. The zero-order chi connectivity index (χ0) is 28.5. The smallest absolute Gasteiger partial charge is 0.352 e. The summed E-state index contributed by atoms with van der Waals surface area (Å²) in [5.74, 6) is 0. The summed E-state index contributed by atoms with van der Waals surface area (Å²) in [5.41, 5.74) is 7.28. The van der Waals surface area contributed by atoms with Crippen LogP contribution in [0.25, 0.3) is 10.4 Å². The summed E-state index contributed by atoms with van der Waals surface area (Å²) in [6, 6.07) is 4.45. The molecule has 38 heavy (non-hydrogen) atoms. The number of hydrogen-bond acceptors (Lipinski definition) is 9. The van der Waals surface area contributed by atoms with Crippen LogP contribution in [-0.4, -0.2) is 48.4 Å². The normalized spacial score (nSPS) is 24.5. The number of H-pyrrole nitrogens is 1. The largest absolute Gasteiger partial charge is 0.444 e. The fourth-order valence-electron chi connectivity index (χ4n) is 3.30. The van der Waals surface area contributed by atoms with Gasteiger partial charge in [0.2, 0.25) is 0 Å². The number of nitrogens with zero attached hydrogens (tertiary/aromatic N) is 4. The number of halogens is 2. The van der Waals surface area contributed by atoms with E-state index in [-0.39, 0.29) is 12.0 Å². The van der Waals surface area contributed by atoms with Gasteiger partial charge in [0.05, 0.1) is 24.1 Å². The molecule has 1 aliphatic rings. The third-order valence-electron chi connectivity index (χ3n) is 5.26. The van der Waals surface area contributed by atoms with Crippen LogP contribution in [0.2, 0.25) is 0 Å². The van der Waals surface area contributed by atoms with Crippen molar-refractivity contribution < 1.29 is 50.7 Å². The SMILES string of the molecule is Cc1cn([C@@H]2CC(N=[N+]=[N-])[C@H](COP(=O)(O)C(F)(F)P(=O)(O)OP(=O)(O)c3ccccc3)O2)c(=O)[nH]c1=O. The van der Waals surface area contributed by atoms with E-state index >= 15 is 0 Å². The van der Waals surface area contributed by atoms with Crippen molar-refractivity contribution >= 4 is 28.1 Å². The van der Waals surface area contributed by atoms with Gasteiger partial charge in [-0.05, 0) is 24.6 Å². The molecule has 4 unspecified atom stereocenters. The second kappa shape index (κ2) is 10.9. The van der Waals surface area contributed by atoms with Crippen LogP contribution >= 0.6 is 22.8 Å². The minimum absolute atomic E-state index is 0.100. The highest BCUT2D eigenvalue weighted by molar-refractivity contribution is 7.78. The van der Waals surface area contributed by atoms with Gasteiger partial charge in [-0.3, -0.25) is 28.0 Å². The summed E-state index contributed by atoms with van der Waals surface area (Å²) in [4.78, 5) is 57.7. The third kappa shape index (κ3) is 6.05. The number of hydrogen-bond donors (Lipinski definition) is 4. The van der Waals surface area contributed by atoms with E-state index in [1.165, 1.54) is 25.1 Å². The lowest BCUT2D eigenvalue weighted by atomic mass is 10.1. The highest BCUT2D eigenvalue weighted by Gasteiger charge is 2.68. The molecule has 2 aromatic rings. The lowest BCUT2D eigenvalue weighted by Crippen LogP contribution is -2.33. The highest BCUT2D eigenvalue weighted by atomic mass is 31.3. The Hall–Kier alpha value is -2.48. The Bertz CT molecular complexity index is 1510. The van der Waals surface area contributed by atoms with Crippen molar-refractivity contribution in [1.29, 1.82) is 0 Å². The molecule has 6 atom stereocenters. The average Bonchev–Trinajstić information content (AvgIpc) is 3.22. The number of aryl methyl sites for hydroxylation is 1. The van der Waals surface area contributed by atoms with Crippen LogP contribution in [0.5, 0.6) is 0 Å². The molecule has 0 saturated carbocycles. The first-order valence-electron chi connectivity index (χ1n) is 10.3. The van der Waals surface area contributed by atoms with Crippen LogP contribution in [0.4, 0.5) is 8.78 Å². The van der Waals surface area contributed by atoms with E-state index in [2.05, 4.69) is 18.9 Å². The minimum atomic E-state index is -6.66. The Morgan fingerprint density at radius 1 is 1.21 bits per heavy atom. The second-order valence-corrected chi connectivity index (χ2v) is 13.9. The first-order valence-corrected chi connectivity index (χ1v) is 15.1. The van der Waals surface area contributed by atoms with Crippen LogP contribution in [-0.2, 0) is 27.3 Å². The van der Waals surface area contributed by atoms with Gasteiger partial charge in [0, 0.05) is 23.1 Å². The van der Waals surface area contributed by atoms with Gasteiger partial charge in [-0.25, -0.2) is 9.11 Å². The van der Waals surface area contributed by atoms with Crippen molar-refractivity contribution in [3.8, 4) is 0 Å². The van der Waals surface area contributed by atoms with Gasteiger partial charge in [-0.1, -0.05) is 23.3 Å². The molecule has 0 radical (unpaired) electrons. The number of benzene rings is 1. The van der Waals surface area contributed by atoms with Gasteiger partial charge in [-0.2, -0.15) is 8.78 Å². The van der Waals surface area contributed by atoms with Crippen molar-refractivity contribution in [1.82, 2.24) is 9.55 Å². The molecule has 1 aliphatic heterocycles. The van der Waals surface area contributed by atoms with Gasteiger partial charge in [0.15, 0.2) is 0 Å². The summed E-state index contributed by atoms with van der Waals surface area (Å²) < 4.78 is 80.9. The second-order valence-electron chi connectivity index (χ2n) is 7.90. The number of aromatic amines is 1. The zero-order valence-electron chi connectivity index (χ0n) is 19.1. The van der Waals surface area contributed by atoms with E-state index in [0.29, 0.717) is 0 Å². The number of rotatable bonds is 10. The maximum Gasteiger partial charge on any atom is 0.444 e. The van der Waals surface area contributed by atoms with E-state index in [1.54, 1.807) is 0 Å². The van der Waals surface area contributed by atoms with Crippen LogP contribution in [0.3, 0.4) is 0 Å². The Labute approximate surface area is 211 Å². The van der Waals surface area contributed by atoms with Gasteiger partial charge in [0.25, 0.3) is 5.56 Å². The molecule has 3 rings (SSSR count). The van der Waals surface area contributed by atoms with E-state index in [1.807, 2.05) is 4.98 Å². The Morgan fingerprint density at radius 2 is 1.84 bits per heavy atom. The number of ether oxygens (including phenoxy) is 1. The molecule has 1 aromatic carbocycles. The summed E-state index contributed by atoms with van der Waals surface area (Å²) in [7, 11) is -18.5. The maximum absolute atomic E-state index is 14.7. The molecule has 2 heterocycles. The molecule has 1 fully saturated rings. The zero-order valence-corrected chi connectivity index (χ0v) is 21.8. The molecule has 1 aromatic heterocycles.